The molecule has 7 heteroatoms. The molecule has 154 valence electrons. The molecule has 2 aromatic rings. The van der Waals surface area contributed by atoms with E-state index in [1.54, 1.807) is 12.1 Å². The quantitative estimate of drug-likeness (QED) is 0.683. The largest absolute Gasteiger partial charge is 0.493 e. The van der Waals surface area contributed by atoms with Crippen molar-refractivity contribution in [3.63, 3.8) is 0 Å². The number of hydrogen-bond donors (Lipinski definition) is 1. The number of nitrogens with one attached hydrogen (secondary N) is 1. The Balaban J connectivity index is 1.66. The predicted octanol–water partition coefficient (Wildman–Crippen LogP) is 3.02. The number of hydrogen-bond acceptors (Lipinski definition) is 5. The van der Waals surface area contributed by atoms with Crippen LogP contribution in [0.4, 0.5) is 0 Å². The molecule has 0 bridgehead atoms. The monoisotopic (exact) mass is 406 g/mol. The van der Waals surface area contributed by atoms with E-state index in [4.69, 9.17) is 9.47 Å². The lowest BCUT2D eigenvalue weighted by atomic mass is 10.1. The number of benzene rings is 2. The Morgan fingerprint density at radius 1 is 1.11 bits per heavy atom. The molecule has 1 aliphatic heterocycles. The van der Waals surface area contributed by atoms with Crippen molar-refractivity contribution in [1.82, 2.24) is 9.62 Å². The van der Waals surface area contributed by atoms with Gasteiger partial charge in [0.2, 0.25) is 10.0 Å². The topological polar surface area (TPSA) is 67.9 Å². The number of morpholine rings is 1. The Hall–Kier alpha value is -1.67. The first kappa shape index (κ1) is 21.0. The summed E-state index contributed by atoms with van der Waals surface area (Å²) in [7, 11) is -3.59. The van der Waals surface area contributed by atoms with Crippen LogP contribution in [0.15, 0.2) is 41.3 Å². The maximum atomic E-state index is 12.9. The van der Waals surface area contributed by atoms with Gasteiger partial charge < -0.3 is 9.47 Å². The van der Waals surface area contributed by atoms with Crippen molar-refractivity contribution in [2.45, 2.75) is 44.3 Å². The van der Waals surface area contributed by atoms with Crippen molar-refractivity contribution < 1.29 is 17.9 Å². The van der Waals surface area contributed by atoms with E-state index in [9.17, 15) is 8.42 Å². The van der Waals surface area contributed by atoms with Crippen molar-refractivity contribution in [2.24, 2.45) is 0 Å². The van der Waals surface area contributed by atoms with E-state index in [0.717, 1.165) is 31.4 Å². The van der Waals surface area contributed by atoms with Crippen LogP contribution in [-0.2, 0) is 14.8 Å². The van der Waals surface area contributed by atoms with Crippen LogP contribution in [-0.4, -0.2) is 58.3 Å². The van der Waals surface area contributed by atoms with Gasteiger partial charge in [-0.2, -0.15) is 0 Å². The lowest BCUT2D eigenvalue weighted by Gasteiger charge is -2.35. The van der Waals surface area contributed by atoms with Gasteiger partial charge in [-0.15, -0.1) is 0 Å². The molecule has 6 nitrogen and oxygen atoms in total. The van der Waals surface area contributed by atoms with Crippen molar-refractivity contribution in [1.29, 1.82) is 0 Å². The Kier molecular flexibility index (Phi) is 6.93. The zero-order valence-electron chi connectivity index (χ0n) is 16.8. The Bertz CT molecular complexity index is 890. The fourth-order valence-electron chi connectivity index (χ4n) is 3.81. The van der Waals surface area contributed by atoms with Gasteiger partial charge in [0, 0.05) is 30.4 Å². The third kappa shape index (κ3) is 5.03. The fourth-order valence-corrected chi connectivity index (χ4v) is 5.10. The minimum Gasteiger partial charge on any atom is -0.493 e. The third-order valence-electron chi connectivity index (χ3n) is 4.87. The molecule has 1 fully saturated rings. The highest BCUT2D eigenvalue weighted by molar-refractivity contribution is 7.89. The zero-order chi connectivity index (χ0) is 20.1. The highest BCUT2D eigenvalue weighted by atomic mass is 32.2. The summed E-state index contributed by atoms with van der Waals surface area (Å²) < 4.78 is 39.9. The van der Waals surface area contributed by atoms with Gasteiger partial charge in [-0.25, -0.2) is 13.1 Å². The Morgan fingerprint density at radius 3 is 2.46 bits per heavy atom. The van der Waals surface area contributed by atoms with E-state index in [1.165, 1.54) is 0 Å². The van der Waals surface area contributed by atoms with Crippen LogP contribution in [0.1, 0.15) is 27.2 Å². The summed E-state index contributed by atoms with van der Waals surface area (Å²) in [4.78, 5) is 2.62. The lowest BCUT2D eigenvalue weighted by molar-refractivity contribution is -0.0679. The SMILES string of the molecule is CCOc1ccc(S(=O)(=O)NCCCN2C[C@H](C)O[C@@H](C)C2)c2ccccc12. The van der Waals surface area contributed by atoms with Gasteiger partial charge >= 0.3 is 0 Å². The summed E-state index contributed by atoms with van der Waals surface area (Å²) in [5.41, 5.74) is 0. The highest BCUT2D eigenvalue weighted by Gasteiger charge is 2.22. The molecule has 2 aromatic carbocycles. The van der Waals surface area contributed by atoms with Gasteiger partial charge in [0.05, 0.1) is 23.7 Å². The van der Waals surface area contributed by atoms with Crippen LogP contribution < -0.4 is 9.46 Å². The minimum atomic E-state index is -3.59. The summed E-state index contributed by atoms with van der Waals surface area (Å²) >= 11 is 0. The first-order valence-corrected chi connectivity index (χ1v) is 11.4. The van der Waals surface area contributed by atoms with Crippen LogP contribution in [0, 0.1) is 0 Å². The smallest absolute Gasteiger partial charge is 0.241 e. The molecule has 0 aliphatic carbocycles. The van der Waals surface area contributed by atoms with E-state index in [2.05, 4.69) is 23.5 Å². The van der Waals surface area contributed by atoms with Crippen molar-refractivity contribution in [3.05, 3.63) is 36.4 Å². The minimum absolute atomic E-state index is 0.218. The molecule has 0 spiro atoms. The maximum absolute atomic E-state index is 12.9. The Labute approximate surface area is 167 Å². The molecule has 1 N–H and O–H groups in total. The summed E-state index contributed by atoms with van der Waals surface area (Å²) in [5, 5.41) is 1.49. The molecule has 28 heavy (non-hydrogen) atoms. The van der Waals surface area contributed by atoms with Crippen LogP contribution in [0.3, 0.4) is 0 Å². The van der Waals surface area contributed by atoms with Crippen LogP contribution in [0.2, 0.25) is 0 Å². The van der Waals surface area contributed by atoms with E-state index < -0.39 is 10.0 Å². The van der Waals surface area contributed by atoms with E-state index in [1.807, 2.05) is 31.2 Å². The number of fused-ring (bicyclic) bond motifs is 1. The third-order valence-corrected chi connectivity index (χ3v) is 6.39. The number of ether oxygens (including phenoxy) is 2. The second-order valence-corrected chi connectivity index (χ2v) is 9.04. The molecule has 2 atom stereocenters. The first-order valence-electron chi connectivity index (χ1n) is 9.92. The average Bonchev–Trinajstić information content (AvgIpc) is 2.65. The molecule has 0 radical (unpaired) electrons. The molecule has 0 saturated carbocycles. The van der Waals surface area contributed by atoms with Crippen LogP contribution >= 0.6 is 0 Å². The molecule has 1 aliphatic rings. The molecular weight excluding hydrogens is 376 g/mol. The van der Waals surface area contributed by atoms with Crippen molar-refractivity contribution in [2.75, 3.05) is 32.8 Å². The predicted molar refractivity (Wildman–Crippen MR) is 111 cm³/mol. The second-order valence-electron chi connectivity index (χ2n) is 7.31. The van der Waals surface area contributed by atoms with Gasteiger partial charge in [0.1, 0.15) is 5.75 Å². The molecule has 0 aromatic heterocycles. The Morgan fingerprint density at radius 2 is 1.79 bits per heavy atom. The molecule has 1 heterocycles. The summed E-state index contributed by atoms with van der Waals surface area (Å²) in [5.74, 6) is 0.701. The van der Waals surface area contributed by atoms with Crippen LogP contribution in [0.25, 0.3) is 10.8 Å². The van der Waals surface area contributed by atoms with Gasteiger partial charge in [-0.3, -0.25) is 4.90 Å². The van der Waals surface area contributed by atoms with Gasteiger partial charge in [-0.1, -0.05) is 24.3 Å². The number of rotatable bonds is 8. The zero-order valence-corrected chi connectivity index (χ0v) is 17.7. The number of nitrogens with zero attached hydrogens (tertiary/aromatic N) is 1. The first-order chi connectivity index (χ1) is 13.4. The van der Waals surface area contributed by atoms with Gasteiger partial charge in [0.25, 0.3) is 0 Å². The molecular formula is C21H30N2O4S. The summed E-state index contributed by atoms with van der Waals surface area (Å²) in [6.45, 7) is 9.63. The van der Waals surface area contributed by atoms with E-state index in [0.29, 0.717) is 29.2 Å². The molecule has 0 unspecified atom stereocenters. The maximum Gasteiger partial charge on any atom is 0.241 e. The van der Waals surface area contributed by atoms with Gasteiger partial charge in [0.15, 0.2) is 0 Å². The van der Waals surface area contributed by atoms with Crippen molar-refractivity contribution >= 4 is 20.8 Å². The fraction of sp³-hybridized carbons (Fsp3) is 0.524. The van der Waals surface area contributed by atoms with Crippen molar-refractivity contribution in [3.8, 4) is 5.75 Å². The molecule has 0 amide bonds. The summed E-state index contributed by atoms with van der Waals surface area (Å²) in [6, 6.07) is 10.8. The second kappa shape index (κ2) is 9.22. The lowest BCUT2D eigenvalue weighted by Crippen LogP contribution is -2.46. The summed E-state index contributed by atoms with van der Waals surface area (Å²) in [6.07, 6.45) is 1.19. The van der Waals surface area contributed by atoms with Gasteiger partial charge in [-0.05, 0) is 45.9 Å². The molecule has 3 rings (SSSR count). The average molecular weight is 407 g/mol. The van der Waals surface area contributed by atoms with E-state index in [-0.39, 0.29) is 12.2 Å². The standard InChI is InChI=1S/C21H30N2O4S/c1-4-26-20-10-11-21(19-9-6-5-8-18(19)20)28(24,25)22-12-7-13-23-14-16(2)27-17(3)15-23/h5-6,8-11,16-17,22H,4,7,12-15H2,1-3H3/t16-,17-/m0/s1. The normalized spacial score (nSPS) is 21.1. The number of sulfonamides is 1. The highest BCUT2D eigenvalue weighted by Crippen LogP contribution is 2.31. The van der Waals surface area contributed by atoms with E-state index >= 15 is 0 Å². The molecule has 1 saturated heterocycles. The van der Waals surface area contributed by atoms with Crippen LogP contribution in [0.5, 0.6) is 5.75 Å².